The summed E-state index contributed by atoms with van der Waals surface area (Å²) in [5.74, 6) is 0. The third kappa shape index (κ3) is 4.26. The van der Waals surface area contributed by atoms with Crippen LogP contribution in [0.2, 0.25) is 0 Å². The van der Waals surface area contributed by atoms with Gasteiger partial charge in [-0.3, -0.25) is 0 Å². The van der Waals surface area contributed by atoms with Crippen molar-refractivity contribution in [1.29, 1.82) is 0 Å². The minimum atomic E-state index is -3.71. The summed E-state index contributed by atoms with van der Waals surface area (Å²) in [7, 11) is -3.71. The van der Waals surface area contributed by atoms with Gasteiger partial charge in [-0.2, -0.15) is 0 Å². The molecule has 4 heteroatoms. The van der Waals surface area contributed by atoms with E-state index >= 15 is 0 Å². The first-order valence-electron chi connectivity index (χ1n) is 4.70. The van der Waals surface area contributed by atoms with Crippen LogP contribution in [-0.2, 0) is 9.09 Å². The van der Waals surface area contributed by atoms with E-state index in [0.717, 1.165) is 12.8 Å². The van der Waals surface area contributed by atoms with Crippen molar-refractivity contribution in [1.82, 2.24) is 0 Å². The van der Waals surface area contributed by atoms with Gasteiger partial charge in [-0.05, 0) is 13.3 Å². The highest BCUT2D eigenvalue weighted by molar-refractivity contribution is 7.53. The Morgan fingerprint density at radius 1 is 1.46 bits per heavy atom. The minimum absolute atomic E-state index is 0.201. The van der Waals surface area contributed by atoms with Crippen molar-refractivity contribution in [3.05, 3.63) is 0 Å². The smallest absolute Gasteiger partial charge is 0.140 e. The summed E-state index contributed by atoms with van der Waals surface area (Å²) in [5.41, 5.74) is 0. The fraction of sp³-hybridized carbons (Fsp3) is 1.00. The highest BCUT2D eigenvalue weighted by atomic mass is 31.2. The average Bonchev–Trinajstić information content (AvgIpc) is 1.83. The van der Waals surface area contributed by atoms with Crippen molar-refractivity contribution >= 4 is 7.60 Å². The second-order valence-corrected chi connectivity index (χ2v) is 6.92. The third-order valence-corrected chi connectivity index (χ3v) is 4.12. The predicted octanol–water partition coefficient (Wildman–Crippen LogP) is 2.54. The molecule has 0 rings (SSSR count). The van der Waals surface area contributed by atoms with E-state index in [-0.39, 0.29) is 6.10 Å². The summed E-state index contributed by atoms with van der Waals surface area (Å²) in [6.45, 7) is 8.75. The summed E-state index contributed by atoms with van der Waals surface area (Å²) in [5, 5.41) is -0.797. The average molecular weight is 207 g/mol. The van der Waals surface area contributed by atoms with Gasteiger partial charge < -0.3 is 14.0 Å². The maximum Gasteiger partial charge on any atom is 0.140 e. The summed E-state index contributed by atoms with van der Waals surface area (Å²) in [6, 6.07) is 0. The Morgan fingerprint density at radius 3 is 2.23 bits per heavy atom. The standard InChI is InChI=1S/C9H21O3P/c1-6-7-8(2)12-13(10,11)9(3,4)5/h8H,6-7H2,1-5H3,(H,10,11)/p-1. The van der Waals surface area contributed by atoms with Crippen LogP contribution < -0.4 is 4.89 Å². The van der Waals surface area contributed by atoms with Crippen molar-refractivity contribution in [2.24, 2.45) is 0 Å². The van der Waals surface area contributed by atoms with Crippen molar-refractivity contribution in [3.8, 4) is 0 Å². The molecule has 0 amide bonds. The Kier molecular flexibility index (Phi) is 4.64. The van der Waals surface area contributed by atoms with Crippen molar-refractivity contribution in [3.63, 3.8) is 0 Å². The van der Waals surface area contributed by atoms with E-state index in [1.807, 2.05) is 6.92 Å². The Labute approximate surface area is 81.0 Å². The molecule has 2 atom stereocenters. The molecule has 0 spiro atoms. The first kappa shape index (κ1) is 13.2. The molecule has 0 saturated carbocycles. The van der Waals surface area contributed by atoms with Crippen LogP contribution in [0.3, 0.4) is 0 Å². The van der Waals surface area contributed by atoms with Crippen LogP contribution in [-0.4, -0.2) is 11.3 Å². The number of rotatable bonds is 4. The second kappa shape index (κ2) is 4.59. The fourth-order valence-corrected chi connectivity index (χ4v) is 1.75. The second-order valence-electron chi connectivity index (χ2n) is 4.37. The fourth-order valence-electron chi connectivity index (χ4n) is 0.854. The van der Waals surface area contributed by atoms with Gasteiger partial charge in [0, 0.05) is 5.16 Å². The summed E-state index contributed by atoms with van der Waals surface area (Å²) in [6.07, 6.45) is 1.51. The Hall–Kier alpha value is 0.150. The van der Waals surface area contributed by atoms with Crippen LogP contribution in [0.1, 0.15) is 47.5 Å². The molecular weight excluding hydrogens is 187 g/mol. The molecule has 0 aromatic heterocycles. The molecule has 0 N–H and O–H groups in total. The normalized spacial score (nSPS) is 19.5. The van der Waals surface area contributed by atoms with Gasteiger partial charge in [-0.15, -0.1) is 0 Å². The maximum absolute atomic E-state index is 11.5. The van der Waals surface area contributed by atoms with E-state index < -0.39 is 12.8 Å². The molecule has 0 saturated heterocycles. The van der Waals surface area contributed by atoms with Crippen LogP contribution >= 0.6 is 7.60 Å². The highest BCUT2D eigenvalue weighted by Crippen LogP contribution is 2.52. The number of hydrogen-bond acceptors (Lipinski definition) is 3. The minimum Gasteiger partial charge on any atom is -0.778 e. The molecule has 0 aliphatic rings. The summed E-state index contributed by atoms with van der Waals surface area (Å²) in [4.78, 5) is 11.5. The van der Waals surface area contributed by atoms with Gasteiger partial charge in [0.25, 0.3) is 0 Å². The molecule has 0 aliphatic heterocycles. The van der Waals surface area contributed by atoms with Gasteiger partial charge in [0.05, 0.1) is 6.10 Å². The van der Waals surface area contributed by atoms with Gasteiger partial charge in [0.2, 0.25) is 0 Å². The first-order valence-corrected chi connectivity index (χ1v) is 6.24. The summed E-state index contributed by atoms with van der Waals surface area (Å²) >= 11 is 0. The molecule has 0 aliphatic carbocycles. The Bertz CT molecular complexity index is 196. The maximum atomic E-state index is 11.5. The Morgan fingerprint density at radius 2 is 1.92 bits per heavy atom. The van der Waals surface area contributed by atoms with Crippen molar-refractivity contribution in [2.45, 2.75) is 58.7 Å². The molecule has 3 nitrogen and oxygen atoms in total. The SMILES string of the molecule is CCCC(C)OP(=O)([O-])C(C)(C)C. The van der Waals surface area contributed by atoms with Crippen LogP contribution in [0.5, 0.6) is 0 Å². The van der Waals surface area contributed by atoms with E-state index in [2.05, 4.69) is 0 Å². The molecule has 0 aromatic carbocycles. The first-order chi connectivity index (χ1) is 5.70. The topological polar surface area (TPSA) is 49.4 Å². The lowest BCUT2D eigenvalue weighted by molar-refractivity contribution is -0.207. The molecule has 0 aromatic rings. The van der Waals surface area contributed by atoms with E-state index in [1.54, 1.807) is 27.7 Å². The van der Waals surface area contributed by atoms with Crippen molar-refractivity contribution < 1.29 is 14.0 Å². The van der Waals surface area contributed by atoms with E-state index in [0.29, 0.717) is 0 Å². The molecule has 13 heavy (non-hydrogen) atoms. The van der Waals surface area contributed by atoms with Gasteiger partial charge in [-0.25, -0.2) is 0 Å². The third-order valence-electron chi connectivity index (χ3n) is 1.84. The molecule has 0 heterocycles. The lowest BCUT2D eigenvalue weighted by Crippen LogP contribution is -2.27. The number of hydrogen-bond donors (Lipinski definition) is 0. The van der Waals surface area contributed by atoms with E-state index in [1.165, 1.54) is 0 Å². The van der Waals surface area contributed by atoms with Gasteiger partial charge >= 0.3 is 0 Å². The van der Waals surface area contributed by atoms with E-state index in [4.69, 9.17) is 4.52 Å². The van der Waals surface area contributed by atoms with Crippen LogP contribution in [0.4, 0.5) is 0 Å². The quantitative estimate of drug-likeness (QED) is 0.665. The lowest BCUT2D eigenvalue weighted by Gasteiger charge is -2.37. The molecule has 0 radical (unpaired) electrons. The van der Waals surface area contributed by atoms with Gasteiger partial charge in [0.1, 0.15) is 7.60 Å². The van der Waals surface area contributed by atoms with Gasteiger partial charge in [0.15, 0.2) is 0 Å². The van der Waals surface area contributed by atoms with Crippen LogP contribution in [0.25, 0.3) is 0 Å². The Balaban J connectivity index is 4.26. The van der Waals surface area contributed by atoms with Crippen LogP contribution in [0, 0.1) is 0 Å². The predicted molar refractivity (Wildman–Crippen MR) is 52.8 cm³/mol. The van der Waals surface area contributed by atoms with Crippen molar-refractivity contribution in [2.75, 3.05) is 0 Å². The molecule has 0 bridgehead atoms. The molecule has 80 valence electrons. The zero-order chi connectivity index (χ0) is 10.7. The molecule has 0 fully saturated rings. The van der Waals surface area contributed by atoms with E-state index in [9.17, 15) is 9.46 Å². The summed E-state index contributed by atoms with van der Waals surface area (Å²) < 4.78 is 16.6. The lowest BCUT2D eigenvalue weighted by atomic mass is 10.2. The zero-order valence-electron chi connectivity index (χ0n) is 9.16. The molecule has 2 unspecified atom stereocenters. The molecular formula is C9H20O3P-. The van der Waals surface area contributed by atoms with Crippen LogP contribution in [0.15, 0.2) is 0 Å². The zero-order valence-corrected chi connectivity index (χ0v) is 10.1. The monoisotopic (exact) mass is 207 g/mol. The largest absolute Gasteiger partial charge is 0.778 e. The van der Waals surface area contributed by atoms with Gasteiger partial charge in [-0.1, -0.05) is 34.1 Å². The highest BCUT2D eigenvalue weighted by Gasteiger charge is 2.28.